The maximum absolute atomic E-state index is 13.0. The van der Waals surface area contributed by atoms with E-state index in [4.69, 9.17) is 21.1 Å². The van der Waals surface area contributed by atoms with Crippen LogP contribution in [0.1, 0.15) is 16.7 Å². The Morgan fingerprint density at radius 2 is 1.71 bits per heavy atom. The second-order valence-corrected chi connectivity index (χ2v) is 10.3. The predicted octanol–water partition coefficient (Wildman–Crippen LogP) is 7.69. The number of imide groups is 1. The van der Waals surface area contributed by atoms with Gasteiger partial charge in [-0.1, -0.05) is 54.1 Å². The molecule has 0 aliphatic carbocycles. The van der Waals surface area contributed by atoms with Gasteiger partial charge in [0.2, 0.25) is 0 Å². The van der Waals surface area contributed by atoms with E-state index in [0.29, 0.717) is 42.5 Å². The van der Waals surface area contributed by atoms with Crippen LogP contribution in [0.2, 0.25) is 5.02 Å². The van der Waals surface area contributed by atoms with Gasteiger partial charge < -0.3 is 9.47 Å². The minimum atomic E-state index is -0.351. The summed E-state index contributed by atoms with van der Waals surface area (Å²) in [7, 11) is 1.55. The summed E-state index contributed by atoms with van der Waals surface area (Å²) in [6.07, 6.45) is 1.67. The zero-order chi connectivity index (χ0) is 24.2. The topological polar surface area (TPSA) is 55.8 Å². The van der Waals surface area contributed by atoms with Crippen LogP contribution in [0, 0.1) is 0 Å². The fourth-order valence-electron chi connectivity index (χ4n) is 3.28. The highest BCUT2D eigenvalue weighted by atomic mass is 79.9. The molecule has 1 heterocycles. The summed E-state index contributed by atoms with van der Waals surface area (Å²) < 4.78 is 12.9. The van der Waals surface area contributed by atoms with E-state index < -0.39 is 0 Å². The molecule has 0 atom stereocenters. The van der Waals surface area contributed by atoms with E-state index >= 15 is 0 Å². The van der Waals surface area contributed by atoms with Crippen LogP contribution >= 0.6 is 55.2 Å². The molecule has 0 radical (unpaired) electrons. The Labute approximate surface area is 223 Å². The Bertz CT molecular complexity index is 1270. The molecule has 1 aliphatic rings. The summed E-state index contributed by atoms with van der Waals surface area (Å²) in [6, 6.07) is 18.6. The molecule has 174 valence electrons. The van der Waals surface area contributed by atoms with Gasteiger partial charge in [0, 0.05) is 9.50 Å². The molecule has 1 aliphatic heterocycles. The lowest BCUT2D eigenvalue weighted by Gasteiger charge is -2.16. The first kappa shape index (κ1) is 24.9. The van der Waals surface area contributed by atoms with Crippen molar-refractivity contribution >= 4 is 72.4 Å². The lowest BCUT2D eigenvalue weighted by molar-refractivity contribution is -0.123. The SMILES string of the molecule is COc1cc(/C=C2\SC(=O)N(Cc3ccc(Cl)cc3)C2=O)c(Br)c(Br)c1OCc1ccccc1. The molecule has 0 bridgehead atoms. The molecule has 0 saturated carbocycles. The van der Waals surface area contributed by atoms with Crippen molar-refractivity contribution in [1.82, 2.24) is 4.90 Å². The van der Waals surface area contributed by atoms with Gasteiger partial charge in [0.25, 0.3) is 11.1 Å². The van der Waals surface area contributed by atoms with Gasteiger partial charge in [0.15, 0.2) is 11.5 Å². The molecule has 9 heteroatoms. The van der Waals surface area contributed by atoms with E-state index in [2.05, 4.69) is 31.9 Å². The molecule has 34 heavy (non-hydrogen) atoms. The monoisotopic (exact) mass is 621 g/mol. The van der Waals surface area contributed by atoms with E-state index in [-0.39, 0.29) is 17.7 Å². The van der Waals surface area contributed by atoms with Crippen LogP contribution < -0.4 is 9.47 Å². The number of carbonyl (C=O) groups excluding carboxylic acids is 2. The van der Waals surface area contributed by atoms with Crippen molar-refractivity contribution in [3.63, 3.8) is 0 Å². The molecule has 0 unspecified atom stereocenters. The maximum Gasteiger partial charge on any atom is 0.293 e. The fraction of sp³-hybridized carbons (Fsp3) is 0.120. The lowest BCUT2D eigenvalue weighted by Crippen LogP contribution is -2.27. The molecular weight excluding hydrogens is 606 g/mol. The van der Waals surface area contributed by atoms with Crippen molar-refractivity contribution in [2.24, 2.45) is 0 Å². The quantitative estimate of drug-likeness (QED) is 0.253. The molecular formula is C25H18Br2ClNO4S. The number of hydrogen-bond acceptors (Lipinski definition) is 5. The van der Waals surface area contributed by atoms with Gasteiger partial charge in [-0.25, -0.2) is 0 Å². The van der Waals surface area contributed by atoms with Gasteiger partial charge in [0.05, 0.1) is 23.0 Å². The molecule has 3 aromatic carbocycles. The van der Waals surface area contributed by atoms with E-state index in [1.807, 2.05) is 30.3 Å². The summed E-state index contributed by atoms with van der Waals surface area (Å²) in [5.74, 6) is 0.681. The largest absolute Gasteiger partial charge is 0.493 e. The Morgan fingerprint density at radius 3 is 2.38 bits per heavy atom. The number of nitrogens with zero attached hydrogens (tertiary/aromatic N) is 1. The highest BCUT2D eigenvalue weighted by Gasteiger charge is 2.35. The number of amides is 2. The van der Waals surface area contributed by atoms with Gasteiger partial charge in [0.1, 0.15) is 6.61 Å². The van der Waals surface area contributed by atoms with E-state index in [1.54, 1.807) is 43.5 Å². The fourth-order valence-corrected chi connectivity index (χ4v) is 5.18. The predicted molar refractivity (Wildman–Crippen MR) is 142 cm³/mol. The Balaban J connectivity index is 1.58. The van der Waals surface area contributed by atoms with Crippen LogP contribution in [-0.2, 0) is 17.9 Å². The van der Waals surface area contributed by atoms with E-state index in [9.17, 15) is 9.59 Å². The first-order valence-corrected chi connectivity index (χ1v) is 12.9. The second-order valence-electron chi connectivity index (χ2n) is 7.29. The molecule has 0 spiro atoms. The number of methoxy groups -OCH3 is 1. The van der Waals surface area contributed by atoms with Crippen LogP contribution in [0.5, 0.6) is 11.5 Å². The van der Waals surface area contributed by atoms with Gasteiger partial charge in [-0.3, -0.25) is 14.5 Å². The van der Waals surface area contributed by atoms with Crippen molar-refractivity contribution in [3.8, 4) is 11.5 Å². The average molecular weight is 624 g/mol. The van der Waals surface area contributed by atoms with E-state index in [0.717, 1.165) is 22.9 Å². The van der Waals surface area contributed by atoms with Gasteiger partial charge in [-0.15, -0.1) is 0 Å². The minimum Gasteiger partial charge on any atom is -0.493 e. The first-order chi connectivity index (χ1) is 16.4. The number of hydrogen-bond donors (Lipinski definition) is 0. The molecule has 1 saturated heterocycles. The number of halogens is 3. The van der Waals surface area contributed by atoms with Crippen molar-refractivity contribution in [2.45, 2.75) is 13.2 Å². The second kappa shape index (κ2) is 11.0. The van der Waals surface area contributed by atoms with Crippen molar-refractivity contribution in [3.05, 3.63) is 96.2 Å². The van der Waals surface area contributed by atoms with Crippen LogP contribution in [-0.4, -0.2) is 23.2 Å². The molecule has 1 fully saturated rings. The van der Waals surface area contributed by atoms with Gasteiger partial charge in [-0.05, 0) is 84.6 Å². The third kappa shape index (κ3) is 5.51. The van der Waals surface area contributed by atoms with Crippen molar-refractivity contribution < 1.29 is 19.1 Å². The minimum absolute atomic E-state index is 0.180. The zero-order valence-electron chi connectivity index (χ0n) is 17.9. The highest BCUT2D eigenvalue weighted by molar-refractivity contribution is 9.13. The molecule has 5 nitrogen and oxygen atoms in total. The number of rotatable bonds is 7. The van der Waals surface area contributed by atoms with Gasteiger partial charge in [-0.2, -0.15) is 0 Å². The molecule has 0 N–H and O–H groups in total. The smallest absolute Gasteiger partial charge is 0.293 e. The number of carbonyl (C=O) groups is 2. The number of thioether (sulfide) groups is 1. The Kier molecular flexibility index (Phi) is 8.03. The van der Waals surface area contributed by atoms with Crippen LogP contribution in [0.15, 0.2) is 74.5 Å². The normalized spacial score (nSPS) is 14.7. The molecule has 2 amide bonds. The van der Waals surface area contributed by atoms with Crippen LogP contribution in [0.25, 0.3) is 6.08 Å². The molecule has 4 rings (SSSR count). The Morgan fingerprint density at radius 1 is 1.00 bits per heavy atom. The summed E-state index contributed by atoms with van der Waals surface area (Å²) in [4.78, 5) is 27.1. The van der Waals surface area contributed by atoms with Crippen LogP contribution in [0.4, 0.5) is 4.79 Å². The van der Waals surface area contributed by atoms with Crippen molar-refractivity contribution in [2.75, 3.05) is 7.11 Å². The molecule has 3 aromatic rings. The molecule has 0 aromatic heterocycles. The van der Waals surface area contributed by atoms with Crippen LogP contribution in [0.3, 0.4) is 0 Å². The summed E-state index contributed by atoms with van der Waals surface area (Å²) >= 11 is 14.0. The number of benzene rings is 3. The third-order valence-corrected chi connectivity index (χ3v) is 8.32. The zero-order valence-corrected chi connectivity index (χ0v) is 22.6. The van der Waals surface area contributed by atoms with Gasteiger partial charge >= 0.3 is 0 Å². The average Bonchev–Trinajstić information content (AvgIpc) is 3.10. The van der Waals surface area contributed by atoms with E-state index in [1.165, 1.54) is 4.90 Å². The lowest BCUT2D eigenvalue weighted by atomic mass is 10.1. The highest BCUT2D eigenvalue weighted by Crippen LogP contribution is 2.45. The Hall–Kier alpha value is -2.26. The summed E-state index contributed by atoms with van der Waals surface area (Å²) in [5, 5.41) is 0.273. The summed E-state index contributed by atoms with van der Waals surface area (Å²) in [5.41, 5.74) is 2.51. The third-order valence-electron chi connectivity index (χ3n) is 5.02. The standard InChI is InChI=1S/C25H18Br2ClNO4S/c1-32-19-11-17(21(26)22(27)23(19)33-14-16-5-3-2-4-6-16)12-20-24(30)29(25(31)34-20)13-15-7-9-18(28)10-8-15/h2-12H,13-14H2,1H3/b20-12-. The summed E-state index contributed by atoms with van der Waals surface area (Å²) in [6.45, 7) is 0.546. The maximum atomic E-state index is 13.0. The number of ether oxygens (including phenoxy) is 2. The first-order valence-electron chi connectivity index (χ1n) is 10.1. The van der Waals surface area contributed by atoms with Crippen molar-refractivity contribution in [1.29, 1.82) is 0 Å².